The molecule has 2 aromatic carbocycles. The number of para-hydroxylation sites is 1. The SMILES string of the molecule is CC(=O)Nc1cccc(Nc2ncnc(N3CCC(N4CC(C)(C)c5ccccc54)CC3)n2)c1C. The number of rotatable bonds is 5. The Morgan fingerprint density at radius 3 is 2.54 bits per heavy atom. The molecule has 0 saturated carbocycles. The van der Waals surface area contributed by atoms with E-state index in [0.717, 1.165) is 49.4 Å². The summed E-state index contributed by atoms with van der Waals surface area (Å²) < 4.78 is 0. The Bertz CT molecular complexity index is 1230. The number of benzene rings is 2. The van der Waals surface area contributed by atoms with Gasteiger partial charge >= 0.3 is 0 Å². The fraction of sp³-hybridized carbons (Fsp3) is 0.407. The van der Waals surface area contributed by atoms with E-state index in [9.17, 15) is 4.79 Å². The van der Waals surface area contributed by atoms with Gasteiger partial charge in [-0.25, -0.2) is 9.97 Å². The normalized spacial score (nSPS) is 17.3. The number of hydrogen-bond donors (Lipinski definition) is 2. The van der Waals surface area contributed by atoms with E-state index >= 15 is 0 Å². The zero-order chi connectivity index (χ0) is 24.6. The summed E-state index contributed by atoms with van der Waals surface area (Å²) in [6.45, 7) is 11.0. The number of nitrogens with zero attached hydrogens (tertiary/aromatic N) is 5. The predicted molar refractivity (Wildman–Crippen MR) is 141 cm³/mol. The minimum atomic E-state index is -0.0999. The van der Waals surface area contributed by atoms with Gasteiger partial charge in [0.05, 0.1) is 0 Å². The Kier molecular flexibility index (Phi) is 6.05. The Balaban J connectivity index is 1.26. The highest BCUT2D eigenvalue weighted by molar-refractivity contribution is 5.90. The molecular weight excluding hydrogens is 438 g/mol. The van der Waals surface area contributed by atoms with E-state index < -0.39 is 0 Å². The number of fused-ring (bicyclic) bond motifs is 1. The molecule has 5 rings (SSSR count). The summed E-state index contributed by atoms with van der Waals surface area (Å²) >= 11 is 0. The van der Waals surface area contributed by atoms with Crippen molar-refractivity contribution in [2.45, 2.75) is 52.0 Å². The van der Waals surface area contributed by atoms with Gasteiger partial charge in [0.25, 0.3) is 0 Å². The van der Waals surface area contributed by atoms with Gasteiger partial charge in [0.15, 0.2) is 0 Å². The highest BCUT2D eigenvalue weighted by Gasteiger charge is 2.38. The molecule has 8 heteroatoms. The molecule has 8 nitrogen and oxygen atoms in total. The van der Waals surface area contributed by atoms with Crippen LogP contribution in [0.2, 0.25) is 0 Å². The number of hydrogen-bond acceptors (Lipinski definition) is 7. The summed E-state index contributed by atoms with van der Waals surface area (Å²) in [4.78, 5) is 29.8. The second-order valence-corrected chi connectivity index (χ2v) is 10.1. The fourth-order valence-corrected chi connectivity index (χ4v) is 5.31. The van der Waals surface area contributed by atoms with Gasteiger partial charge in [-0.05, 0) is 49.1 Å². The molecule has 2 aliphatic rings. The number of carbonyl (C=O) groups is 1. The lowest BCUT2D eigenvalue weighted by Gasteiger charge is -2.38. The molecule has 1 saturated heterocycles. The van der Waals surface area contributed by atoms with Gasteiger partial charge < -0.3 is 20.4 Å². The topological polar surface area (TPSA) is 86.3 Å². The first-order valence-electron chi connectivity index (χ1n) is 12.3. The molecule has 3 heterocycles. The summed E-state index contributed by atoms with van der Waals surface area (Å²) in [6, 6.07) is 15.1. The number of nitrogens with one attached hydrogen (secondary N) is 2. The van der Waals surface area contributed by atoms with Crippen LogP contribution in [0, 0.1) is 6.92 Å². The molecule has 182 valence electrons. The van der Waals surface area contributed by atoms with Crippen LogP contribution in [0.5, 0.6) is 0 Å². The van der Waals surface area contributed by atoms with Gasteiger partial charge in [-0.2, -0.15) is 4.98 Å². The minimum Gasteiger partial charge on any atom is -0.367 e. The lowest BCUT2D eigenvalue weighted by atomic mass is 9.87. The van der Waals surface area contributed by atoms with Gasteiger partial charge in [-0.15, -0.1) is 0 Å². The van der Waals surface area contributed by atoms with Crippen molar-refractivity contribution in [2.24, 2.45) is 0 Å². The van der Waals surface area contributed by atoms with Gasteiger partial charge in [-0.1, -0.05) is 38.1 Å². The zero-order valence-corrected chi connectivity index (χ0v) is 20.9. The maximum Gasteiger partial charge on any atom is 0.232 e. The van der Waals surface area contributed by atoms with Crippen molar-refractivity contribution < 1.29 is 4.79 Å². The maximum atomic E-state index is 11.5. The van der Waals surface area contributed by atoms with Gasteiger partial charge in [-0.3, -0.25) is 4.79 Å². The van der Waals surface area contributed by atoms with Crippen molar-refractivity contribution >= 4 is 34.9 Å². The van der Waals surface area contributed by atoms with Crippen LogP contribution < -0.4 is 20.4 Å². The summed E-state index contributed by atoms with van der Waals surface area (Å²) in [5.41, 5.74) is 5.57. The fourth-order valence-electron chi connectivity index (χ4n) is 5.31. The molecule has 0 radical (unpaired) electrons. The number of amides is 1. The first-order valence-corrected chi connectivity index (χ1v) is 12.3. The van der Waals surface area contributed by atoms with Crippen molar-refractivity contribution in [3.05, 3.63) is 59.9 Å². The molecule has 0 unspecified atom stereocenters. The largest absolute Gasteiger partial charge is 0.367 e. The van der Waals surface area contributed by atoms with Gasteiger partial charge in [0.2, 0.25) is 17.8 Å². The highest BCUT2D eigenvalue weighted by Crippen LogP contribution is 2.42. The van der Waals surface area contributed by atoms with Crippen LogP contribution in [-0.4, -0.2) is 46.5 Å². The molecular formula is C27H33N7O. The van der Waals surface area contributed by atoms with E-state index in [-0.39, 0.29) is 11.3 Å². The van der Waals surface area contributed by atoms with Crippen LogP contribution in [0.25, 0.3) is 0 Å². The molecule has 0 bridgehead atoms. The molecule has 3 aromatic rings. The molecule has 1 amide bonds. The van der Waals surface area contributed by atoms with E-state index in [4.69, 9.17) is 4.98 Å². The highest BCUT2D eigenvalue weighted by atomic mass is 16.1. The van der Waals surface area contributed by atoms with Crippen molar-refractivity contribution in [2.75, 3.05) is 40.1 Å². The van der Waals surface area contributed by atoms with E-state index in [1.807, 2.05) is 25.1 Å². The van der Waals surface area contributed by atoms with Gasteiger partial charge in [0.1, 0.15) is 6.33 Å². The summed E-state index contributed by atoms with van der Waals surface area (Å²) in [5, 5.41) is 6.15. The van der Waals surface area contributed by atoms with Crippen molar-refractivity contribution in [1.82, 2.24) is 15.0 Å². The molecule has 1 fully saturated rings. The summed E-state index contributed by atoms with van der Waals surface area (Å²) in [6.07, 6.45) is 3.69. The Morgan fingerprint density at radius 2 is 1.77 bits per heavy atom. The third kappa shape index (κ3) is 4.65. The number of anilines is 5. The van der Waals surface area contributed by atoms with Crippen LogP contribution in [0.3, 0.4) is 0 Å². The van der Waals surface area contributed by atoms with Crippen LogP contribution in [0.15, 0.2) is 48.8 Å². The minimum absolute atomic E-state index is 0.0999. The molecule has 0 aliphatic carbocycles. The van der Waals surface area contributed by atoms with Crippen LogP contribution >= 0.6 is 0 Å². The predicted octanol–water partition coefficient (Wildman–Crippen LogP) is 4.65. The second-order valence-electron chi connectivity index (χ2n) is 10.1. The van der Waals surface area contributed by atoms with Crippen LogP contribution in [0.1, 0.15) is 44.7 Å². The molecule has 35 heavy (non-hydrogen) atoms. The van der Waals surface area contributed by atoms with Crippen molar-refractivity contribution in [3.63, 3.8) is 0 Å². The first kappa shape index (κ1) is 23.1. The second kappa shape index (κ2) is 9.17. The molecule has 2 aliphatic heterocycles. The molecule has 0 atom stereocenters. The molecule has 2 N–H and O–H groups in total. The lowest BCUT2D eigenvalue weighted by Crippen LogP contribution is -2.46. The van der Waals surface area contributed by atoms with Crippen LogP contribution in [-0.2, 0) is 10.2 Å². The van der Waals surface area contributed by atoms with E-state index in [2.05, 4.69) is 68.5 Å². The average Bonchev–Trinajstić information content (AvgIpc) is 3.13. The van der Waals surface area contributed by atoms with Crippen molar-refractivity contribution in [1.29, 1.82) is 0 Å². The van der Waals surface area contributed by atoms with Crippen LogP contribution in [0.4, 0.5) is 29.0 Å². The number of carbonyl (C=O) groups excluding carboxylic acids is 1. The lowest BCUT2D eigenvalue weighted by molar-refractivity contribution is -0.114. The summed E-state index contributed by atoms with van der Waals surface area (Å²) in [7, 11) is 0. The van der Waals surface area contributed by atoms with E-state index in [1.54, 1.807) is 6.33 Å². The average molecular weight is 472 g/mol. The zero-order valence-electron chi connectivity index (χ0n) is 20.9. The van der Waals surface area contributed by atoms with E-state index in [0.29, 0.717) is 17.9 Å². The third-order valence-corrected chi connectivity index (χ3v) is 7.15. The Morgan fingerprint density at radius 1 is 1.03 bits per heavy atom. The standard InChI is InChI=1S/C27H33N7O/c1-18-22(30-19(2)35)9-7-10-23(18)31-25-28-17-29-26(32-25)33-14-12-20(13-15-33)34-16-27(3,4)21-8-5-6-11-24(21)34/h5-11,17,20H,12-16H2,1-4H3,(H,30,35)(H,28,29,31,32). The smallest absolute Gasteiger partial charge is 0.232 e. The van der Waals surface area contributed by atoms with E-state index in [1.165, 1.54) is 18.2 Å². The molecule has 1 aromatic heterocycles. The number of aromatic nitrogens is 3. The first-order chi connectivity index (χ1) is 16.8. The summed E-state index contributed by atoms with van der Waals surface area (Å²) in [5.74, 6) is 1.09. The van der Waals surface area contributed by atoms with Crippen molar-refractivity contribution in [3.8, 4) is 0 Å². The quantitative estimate of drug-likeness (QED) is 0.560. The van der Waals surface area contributed by atoms with Gasteiger partial charge in [0, 0.05) is 55.1 Å². The number of piperidine rings is 1. The third-order valence-electron chi connectivity index (χ3n) is 7.15. The monoisotopic (exact) mass is 471 g/mol. The maximum absolute atomic E-state index is 11.5. The molecule has 0 spiro atoms. The Labute approximate surface area is 206 Å². The Hall–Kier alpha value is -3.68.